The van der Waals surface area contributed by atoms with Crippen molar-refractivity contribution in [1.29, 1.82) is 0 Å². The number of benzene rings is 2. The van der Waals surface area contributed by atoms with Crippen molar-refractivity contribution in [3.63, 3.8) is 0 Å². The number of carbonyl (C=O) groups is 2. The van der Waals surface area contributed by atoms with Gasteiger partial charge in [0.05, 0.1) is 11.3 Å². The van der Waals surface area contributed by atoms with Crippen LogP contribution in [0.1, 0.15) is 15.9 Å². The molecule has 0 aliphatic rings. The molecule has 2 N–H and O–H groups in total. The third kappa shape index (κ3) is 4.60. The fourth-order valence-electron chi connectivity index (χ4n) is 1.66. The summed E-state index contributed by atoms with van der Waals surface area (Å²) < 4.78 is 13.4. The first-order valence-electron chi connectivity index (χ1n) is 6.59. The summed E-state index contributed by atoms with van der Waals surface area (Å²) in [6.07, 6.45) is 0. The molecule has 0 aliphatic carbocycles. The third-order valence-electron chi connectivity index (χ3n) is 2.82. The van der Waals surface area contributed by atoms with Crippen LogP contribution in [0.3, 0.4) is 0 Å². The lowest BCUT2D eigenvalue weighted by Crippen LogP contribution is -2.42. The number of hydrogen-bond donors (Lipinski definition) is 2. The number of hydrogen-bond acceptors (Lipinski definition) is 3. The third-order valence-corrected chi connectivity index (χ3v) is 3.84. The lowest BCUT2D eigenvalue weighted by molar-refractivity contribution is -0.119. The van der Waals surface area contributed by atoms with Gasteiger partial charge in [0, 0.05) is 4.90 Å². The normalized spacial score (nSPS) is 10.1. The molecule has 0 saturated heterocycles. The van der Waals surface area contributed by atoms with Crippen LogP contribution < -0.4 is 10.9 Å². The first kappa shape index (κ1) is 16.0. The monoisotopic (exact) mass is 318 g/mol. The van der Waals surface area contributed by atoms with Gasteiger partial charge < -0.3 is 0 Å². The summed E-state index contributed by atoms with van der Waals surface area (Å²) in [4.78, 5) is 24.3. The van der Waals surface area contributed by atoms with E-state index in [1.807, 2.05) is 31.2 Å². The van der Waals surface area contributed by atoms with Crippen molar-refractivity contribution in [3.05, 3.63) is 65.5 Å². The Balaban J connectivity index is 1.79. The molecule has 6 heteroatoms. The van der Waals surface area contributed by atoms with E-state index in [4.69, 9.17) is 0 Å². The number of rotatable bonds is 4. The highest BCUT2D eigenvalue weighted by Crippen LogP contribution is 2.17. The average molecular weight is 318 g/mol. The number of thioether (sulfide) groups is 1. The summed E-state index contributed by atoms with van der Waals surface area (Å²) in [7, 11) is 0. The van der Waals surface area contributed by atoms with Crippen LogP contribution in [-0.4, -0.2) is 17.6 Å². The van der Waals surface area contributed by atoms with Crippen molar-refractivity contribution >= 4 is 23.6 Å². The van der Waals surface area contributed by atoms with Gasteiger partial charge in [-0.1, -0.05) is 29.8 Å². The molecule has 2 aromatic carbocycles. The molecule has 2 rings (SSSR count). The number of nitrogens with one attached hydrogen (secondary N) is 2. The maximum absolute atomic E-state index is 13.4. The minimum atomic E-state index is -0.688. The van der Waals surface area contributed by atoms with Gasteiger partial charge in [0.25, 0.3) is 5.91 Å². The van der Waals surface area contributed by atoms with Gasteiger partial charge >= 0.3 is 0 Å². The van der Waals surface area contributed by atoms with Crippen LogP contribution in [0.4, 0.5) is 4.39 Å². The van der Waals surface area contributed by atoms with Gasteiger partial charge in [0.2, 0.25) is 5.91 Å². The molecular weight excluding hydrogens is 303 g/mol. The fourth-order valence-corrected chi connectivity index (χ4v) is 2.36. The van der Waals surface area contributed by atoms with Crippen LogP contribution in [0.25, 0.3) is 0 Å². The zero-order valence-corrected chi connectivity index (χ0v) is 12.7. The first-order valence-corrected chi connectivity index (χ1v) is 7.58. The van der Waals surface area contributed by atoms with Gasteiger partial charge in [-0.25, -0.2) is 4.39 Å². The smallest absolute Gasteiger partial charge is 0.272 e. The van der Waals surface area contributed by atoms with Crippen LogP contribution in [0.5, 0.6) is 0 Å². The summed E-state index contributed by atoms with van der Waals surface area (Å²) in [6.45, 7) is 1.99. The van der Waals surface area contributed by atoms with E-state index < -0.39 is 11.7 Å². The van der Waals surface area contributed by atoms with Crippen LogP contribution >= 0.6 is 11.8 Å². The lowest BCUT2D eigenvalue weighted by Gasteiger charge is -2.08. The molecule has 0 atom stereocenters. The Morgan fingerprint density at radius 3 is 2.41 bits per heavy atom. The van der Waals surface area contributed by atoms with E-state index in [0.29, 0.717) is 0 Å². The zero-order chi connectivity index (χ0) is 15.9. The van der Waals surface area contributed by atoms with E-state index in [9.17, 15) is 14.0 Å². The van der Waals surface area contributed by atoms with Crippen LogP contribution in [0, 0.1) is 12.7 Å². The second kappa shape index (κ2) is 7.61. The molecule has 0 unspecified atom stereocenters. The molecule has 114 valence electrons. The summed E-state index contributed by atoms with van der Waals surface area (Å²) in [6, 6.07) is 13.3. The van der Waals surface area contributed by atoms with Gasteiger partial charge in [-0.2, -0.15) is 0 Å². The van der Waals surface area contributed by atoms with E-state index in [1.54, 1.807) is 6.07 Å². The Hall–Kier alpha value is -2.34. The molecule has 0 aromatic heterocycles. The van der Waals surface area contributed by atoms with Crippen molar-refractivity contribution in [1.82, 2.24) is 10.9 Å². The molecule has 0 fully saturated rings. The van der Waals surface area contributed by atoms with Crippen LogP contribution in [0.15, 0.2) is 53.4 Å². The molecule has 22 heavy (non-hydrogen) atoms. The maximum atomic E-state index is 13.4. The van der Waals surface area contributed by atoms with Crippen LogP contribution in [0.2, 0.25) is 0 Å². The van der Waals surface area contributed by atoms with Crippen molar-refractivity contribution in [2.45, 2.75) is 11.8 Å². The van der Waals surface area contributed by atoms with Crippen molar-refractivity contribution in [2.75, 3.05) is 5.75 Å². The molecule has 4 nitrogen and oxygen atoms in total. The maximum Gasteiger partial charge on any atom is 0.272 e. The van der Waals surface area contributed by atoms with Crippen molar-refractivity contribution in [3.8, 4) is 0 Å². The van der Waals surface area contributed by atoms with E-state index in [-0.39, 0.29) is 17.2 Å². The first-order chi connectivity index (χ1) is 10.6. The Labute approximate surface area is 132 Å². The Morgan fingerprint density at radius 1 is 1.05 bits per heavy atom. The molecule has 2 aromatic rings. The quantitative estimate of drug-likeness (QED) is 0.673. The molecule has 2 amide bonds. The summed E-state index contributed by atoms with van der Waals surface area (Å²) >= 11 is 1.35. The number of hydrazine groups is 1. The topological polar surface area (TPSA) is 58.2 Å². The largest absolute Gasteiger partial charge is 0.272 e. The fraction of sp³-hybridized carbons (Fsp3) is 0.125. The Kier molecular flexibility index (Phi) is 5.55. The molecule has 0 aliphatic heterocycles. The molecule has 0 radical (unpaired) electrons. The van der Waals surface area contributed by atoms with E-state index in [0.717, 1.165) is 10.5 Å². The Morgan fingerprint density at radius 2 is 1.73 bits per heavy atom. The van der Waals surface area contributed by atoms with Gasteiger partial charge in [0.15, 0.2) is 0 Å². The van der Waals surface area contributed by atoms with Gasteiger partial charge in [-0.3, -0.25) is 20.4 Å². The second-order valence-electron chi connectivity index (χ2n) is 4.58. The standard InChI is InChI=1S/C16H15FN2O2S/c1-11-6-8-12(9-7-11)22-10-15(20)18-19-16(21)13-4-2-3-5-14(13)17/h2-9H,10H2,1H3,(H,18,20)(H,19,21). The summed E-state index contributed by atoms with van der Waals surface area (Å²) in [5.74, 6) is -1.54. The number of halogens is 1. The summed E-state index contributed by atoms with van der Waals surface area (Å²) in [5.41, 5.74) is 5.48. The SMILES string of the molecule is Cc1ccc(SCC(=O)NNC(=O)c2ccccc2F)cc1. The highest BCUT2D eigenvalue weighted by Gasteiger charge is 2.11. The zero-order valence-electron chi connectivity index (χ0n) is 11.9. The predicted octanol–water partition coefficient (Wildman–Crippen LogP) is 2.69. The Bertz CT molecular complexity index is 674. The van der Waals surface area contributed by atoms with Crippen molar-refractivity contribution in [2.24, 2.45) is 0 Å². The molecule has 0 heterocycles. The van der Waals surface area contributed by atoms with Gasteiger partial charge in [-0.05, 0) is 31.2 Å². The molecule has 0 bridgehead atoms. The van der Waals surface area contributed by atoms with Gasteiger partial charge in [0.1, 0.15) is 5.82 Å². The van der Waals surface area contributed by atoms with Crippen LogP contribution in [-0.2, 0) is 4.79 Å². The number of amides is 2. The summed E-state index contributed by atoms with van der Waals surface area (Å²) in [5, 5.41) is 0. The number of aryl methyl sites for hydroxylation is 1. The minimum Gasteiger partial charge on any atom is -0.272 e. The lowest BCUT2D eigenvalue weighted by atomic mass is 10.2. The second-order valence-corrected chi connectivity index (χ2v) is 5.63. The highest BCUT2D eigenvalue weighted by molar-refractivity contribution is 8.00. The number of carbonyl (C=O) groups excluding carboxylic acids is 2. The minimum absolute atomic E-state index is 0.117. The van der Waals surface area contributed by atoms with E-state index >= 15 is 0 Å². The van der Waals surface area contributed by atoms with Crippen molar-refractivity contribution < 1.29 is 14.0 Å². The predicted molar refractivity (Wildman–Crippen MR) is 83.9 cm³/mol. The molecular formula is C16H15FN2O2S. The highest BCUT2D eigenvalue weighted by atomic mass is 32.2. The average Bonchev–Trinajstić information content (AvgIpc) is 2.52. The van der Waals surface area contributed by atoms with E-state index in [1.165, 1.54) is 30.0 Å². The van der Waals surface area contributed by atoms with E-state index in [2.05, 4.69) is 10.9 Å². The molecule has 0 saturated carbocycles. The molecule has 0 spiro atoms. The van der Waals surface area contributed by atoms with Gasteiger partial charge in [-0.15, -0.1) is 11.8 Å².